The lowest BCUT2D eigenvalue weighted by Gasteiger charge is -2.14. The predicted molar refractivity (Wildman–Crippen MR) is 94.4 cm³/mol. The number of benzene rings is 1. The van der Waals surface area contributed by atoms with Crippen LogP contribution >= 0.6 is 0 Å². The number of carbonyl (C=O) groups excluding carboxylic acids is 1. The number of aromatic nitrogens is 3. The standard InChI is InChI=1S/C18H23N5O/c1-13(11-22-9-5-8-21-22)20-10-16-14(2)23(12-18(19)24)17-7-4-3-6-15(16)17/h3-9,13,20H,10-12H2,1-2H3,(H2,19,24). The number of hydrogen-bond donors (Lipinski definition) is 2. The summed E-state index contributed by atoms with van der Waals surface area (Å²) in [6.45, 7) is 5.93. The number of nitrogens with two attached hydrogens (primary N) is 1. The average Bonchev–Trinajstić information content (AvgIpc) is 3.13. The van der Waals surface area contributed by atoms with Crippen LogP contribution in [-0.4, -0.2) is 26.3 Å². The van der Waals surface area contributed by atoms with E-state index < -0.39 is 0 Å². The first-order chi connectivity index (χ1) is 11.6. The van der Waals surface area contributed by atoms with Gasteiger partial charge in [0.15, 0.2) is 0 Å². The van der Waals surface area contributed by atoms with Crippen LogP contribution in [0.2, 0.25) is 0 Å². The summed E-state index contributed by atoms with van der Waals surface area (Å²) in [7, 11) is 0. The third-order valence-corrected chi connectivity index (χ3v) is 4.32. The van der Waals surface area contributed by atoms with Gasteiger partial charge in [-0.2, -0.15) is 5.10 Å². The Morgan fingerprint density at radius 3 is 2.83 bits per heavy atom. The van der Waals surface area contributed by atoms with Crippen molar-refractivity contribution in [3.8, 4) is 0 Å². The molecular weight excluding hydrogens is 302 g/mol. The number of carbonyl (C=O) groups is 1. The normalized spacial score (nSPS) is 12.6. The van der Waals surface area contributed by atoms with E-state index in [1.165, 1.54) is 5.56 Å². The van der Waals surface area contributed by atoms with Crippen LogP contribution in [0.1, 0.15) is 18.2 Å². The van der Waals surface area contributed by atoms with Crippen LogP contribution in [-0.2, 0) is 24.4 Å². The zero-order valence-electron chi connectivity index (χ0n) is 14.1. The van der Waals surface area contributed by atoms with Gasteiger partial charge in [-0.15, -0.1) is 0 Å². The molecule has 6 nitrogen and oxygen atoms in total. The van der Waals surface area contributed by atoms with E-state index >= 15 is 0 Å². The molecule has 0 aliphatic heterocycles. The Bertz CT molecular complexity index is 835. The second-order valence-electron chi connectivity index (χ2n) is 6.14. The molecule has 1 amide bonds. The highest BCUT2D eigenvalue weighted by atomic mass is 16.1. The Labute approximate surface area is 141 Å². The Kier molecular flexibility index (Phi) is 4.66. The summed E-state index contributed by atoms with van der Waals surface area (Å²) in [5.41, 5.74) is 8.74. The van der Waals surface area contributed by atoms with Gasteiger partial charge in [-0.05, 0) is 31.5 Å². The van der Waals surface area contributed by atoms with Crippen LogP contribution in [0.3, 0.4) is 0 Å². The molecule has 1 atom stereocenters. The summed E-state index contributed by atoms with van der Waals surface area (Å²) in [5.74, 6) is -0.328. The summed E-state index contributed by atoms with van der Waals surface area (Å²) in [6, 6.07) is 10.3. The molecule has 3 N–H and O–H groups in total. The maximum absolute atomic E-state index is 11.4. The minimum absolute atomic E-state index is 0.204. The van der Waals surface area contributed by atoms with Gasteiger partial charge in [0, 0.05) is 41.6 Å². The molecule has 2 heterocycles. The molecule has 0 aliphatic rings. The Hall–Kier alpha value is -2.60. The van der Waals surface area contributed by atoms with Gasteiger partial charge in [0.1, 0.15) is 6.54 Å². The van der Waals surface area contributed by atoms with E-state index in [1.54, 1.807) is 6.20 Å². The summed E-state index contributed by atoms with van der Waals surface area (Å²) in [6.07, 6.45) is 3.75. The number of amides is 1. The Morgan fingerprint density at radius 2 is 2.12 bits per heavy atom. The smallest absolute Gasteiger partial charge is 0.237 e. The topological polar surface area (TPSA) is 77.9 Å². The molecule has 3 rings (SSSR count). The van der Waals surface area contributed by atoms with Crippen LogP contribution in [0.4, 0.5) is 0 Å². The first-order valence-electron chi connectivity index (χ1n) is 8.12. The molecule has 126 valence electrons. The number of hydrogen-bond acceptors (Lipinski definition) is 3. The van der Waals surface area contributed by atoms with E-state index in [2.05, 4.69) is 23.4 Å². The zero-order chi connectivity index (χ0) is 17.1. The van der Waals surface area contributed by atoms with E-state index in [0.717, 1.165) is 29.7 Å². The van der Waals surface area contributed by atoms with Crippen molar-refractivity contribution in [3.05, 3.63) is 54.0 Å². The monoisotopic (exact) mass is 325 g/mol. The molecule has 0 saturated heterocycles. The van der Waals surface area contributed by atoms with Crippen molar-refractivity contribution < 1.29 is 4.79 Å². The molecule has 0 radical (unpaired) electrons. The first-order valence-corrected chi connectivity index (χ1v) is 8.12. The van der Waals surface area contributed by atoms with Gasteiger partial charge in [-0.25, -0.2) is 0 Å². The Balaban J connectivity index is 1.81. The van der Waals surface area contributed by atoms with E-state index in [4.69, 9.17) is 5.73 Å². The number of nitrogens with one attached hydrogen (secondary N) is 1. The third-order valence-electron chi connectivity index (χ3n) is 4.32. The summed E-state index contributed by atoms with van der Waals surface area (Å²) >= 11 is 0. The van der Waals surface area contributed by atoms with Crippen molar-refractivity contribution >= 4 is 16.8 Å². The maximum Gasteiger partial charge on any atom is 0.237 e. The fourth-order valence-corrected chi connectivity index (χ4v) is 3.12. The molecule has 0 saturated carbocycles. The predicted octanol–water partition coefficient (Wildman–Crippen LogP) is 1.81. The molecular formula is C18H23N5O. The Morgan fingerprint density at radius 1 is 1.33 bits per heavy atom. The lowest BCUT2D eigenvalue weighted by atomic mass is 10.1. The maximum atomic E-state index is 11.4. The zero-order valence-corrected chi connectivity index (χ0v) is 14.1. The molecule has 2 aromatic heterocycles. The lowest BCUT2D eigenvalue weighted by molar-refractivity contribution is -0.118. The van der Waals surface area contributed by atoms with Crippen LogP contribution in [0, 0.1) is 6.92 Å². The second kappa shape index (κ2) is 6.88. The van der Waals surface area contributed by atoms with Crippen molar-refractivity contribution in [2.75, 3.05) is 0 Å². The van der Waals surface area contributed by atoms with Crippen molar-refractivity contribution in [2.45, 2.75) is 39.5 Å². The minimum atomic E-state index is -0.328. The SMILES string of the molecule is Cc1c(CNC(C)Cn2cccn2)c2ccccc2n1CC(N)=O. The summed E-state index contributed by atoms with van der Waals surface area (Å²) in [4.78, 5) is 11.4. The van der Waals surface area contributed by atoms with E-state index in [9.17, 15) is 4.79 Å². The van der Waals surface area contributed by atoms with E-state index in [-0.39, 0.29) is 18.5 Å². The van der Waals surface area contributed by atoms with E-state index in [0.29, 0.717) is 0 Å². The van der Waals surface area contributed by atoms with Crippen LogP contribution in [0.25, 0.3) is 10.9 Å². The summed E-state index contributed by atoms with van der Waals surface area (Å²) < 4.78 is 3.91. The molecule has 1 unspecified atom stereocenters. The lowest BCUT2D eigenvalue weighted by Crippen LogP contribution is -2.30. The van der Waals surface area contributed by atoms with Crippen molar-refractivity contribution in [3.63, 3.8) is 0 Å². The quantitative estimate of drug-likeness (QED) is 0.695. The molecule has 0 bridgehead atoms. The number of rotatable bonds is 7. The molecule has 24 heavy (non-hydrogen) atoms. The first kappa shape index (κ1) is 16.3. The average molecular weight is 325 g/mol. The van der Waals surface area contributed by atoms with Gasteiger partial charge in [0.25, 0.3) is 0 Å². The molecule has 0 fully saturated rings. The van der Waals surface area contributed by atoms with Gasteiger partial charge in [0.2, 0.25) is 5.91 Å². The van der Waals surface area contributed by atoms with Crippen molar-refractivity contribution in [2.24, 2.45) is 5.73 Å². The number of primary amides is 1. The highest BCUT2D eigenvalue weighted by molar-refractivity contribution is 5.87. The largest absolute Gasteiger partial charge is 0.368 e. The molecule has 1 aromatic carbocycles. The molecule has 0 aliphatic carbocycles. The summed E-state index contributed by atoms with van der Waals surface area (Å²) in [5, 5.41) is 8.95. The minimum Gasteiger partial charge on any atom is -0.368 e. The van der Waals surface area contributed by atoms with Gasteiger partial charge in [0.05, 0.1) is 6.54 Å². The van der Waals surface area contributed by atoms with Gasteiger partial charge >= 0.3 is 0 Å². The highest BCUT2D eigenvalue weighted by Crippen LogP contribution is 2.25. The number of fused-ring (bicyclic) bond motifs is 1. The molecule has 3 aromatic rings. The molecule has 6 heteroatoms. The van der Waals surface area contributed by atoms with Gasteiger partial charge in [-0.1, -0.05) is 18.2 Å². The van der Waals surface area contributed by atoms with Crippen molar-refractivity contribution in [1.82, 2.24) is 19.7 Å². The van der Waals surface area contributed by atoms with Gasteiger partial charge < -0.3 is 15.6 Å². The van der Waals surface area contributed by atoms with Crippen LogP contribution < -0.4 is 11.1 Å². The number of para-hydroxylation sites is 1. The molecule has 0 spiro atoms. The number of nitrogens with zero attached hydrogens (tertiary/aromatic N) is 3. The van der Waals surface area contributed by atoms with Crippen LogP contribution in [0.5, 0.6) is 0 Å². The third kappa shape index (κ3) is 3.33. The fraction of sp³-hybridized carbons (Fsp3) is 0.333. The van der Waals surface area contributed by atoms with Crippen LogP contribution in [0.15, 0.2) is 42.7 Å². The van der Waals surface area contributed by atoms with Crippen molar-refractivity contribution in [1.29, 1.82) is 0 Å². The van der Waals surface area contributed by atoms with E-state index in [1.807, 2.05) is 46.6 Å². The highest BCUT2D eigenvalue weighted by Gasteiger charge is 2.15. The fourth-order valence-electron chi connectivity index (χ4n) is 3.12. The van der Waals surface area contributed by atoms with Gasteiger partial charge in [-0.3, -0.25) is 9.48 Å². The second-order valence-corrected chi connectivity index (χ2v) is 6.14.